The highest BCUT2D eigenvalue weighted by Crippen LogP contribution is 2.39. The molecule has 0 N–H and O–H groups in total. The van der Waals surface area contributed by atoms with E-state index in [1.165, 1.54) is 0 Å². The first-order valence-corrected chi connectivity index (χ1v) is 4.30. The summed E-state index contributed by atoms with van der Waals surface area (Å²) in [5, 5.41) is 8.07. The first kappa shape index (κ1) is 11.3. The van der Waals surface area contributed by atoms with Gasteiger partial charge in [-0.25, -0.2) is 6.57 Å². The minimum absolute atomic E-state index is 0.0384. The number of halogens is 1. The Kier molecular flexibility index (Phi) is 7.84. The molecule has 12 heavy (non-hydrogen) atoms. The SMILES string of the molecule is [C-]#[N+]CCOP(F)OCCC#N. The molecule has 0 aliphatic rings. The van der Waals surface area contributed by atoms with Gasteiger partial charge in [-0.15, -0.1) is 0 Å². The van der Waals surface area contributed by atoms with Gasteiger partial charge in [0.2, 0.25) is 6.54 Å². The molecule has 0 aromatic rings. The molecular formula is C6H8FN2O2P. The molecule has 0 aliphatic heterocycles. The molecule has 1 atom stereocenters. The quantitative estimate of drug-likeness (QED) is 0.365. The Morgan fingerprint density at radius 2 is 2.17 bits per heavy atom. The van der Waals surface area contributed by atoms with Gasteiger partial charge in [0.1, 0.15) is 6.61 Å². The summed E-state index contributed by atoms with van der Waals surface area (Å²) < 4.78 is 21.4. The summed E-state index contributed by atoms with van der Waals surface area (Å²) in [5.74, 6) is 0. The Balaban J connectivity index is 3.18. The molecule has 0 heterocycles. The van der Waals surface area contributed by atoms with Crippen molar-refractivity contribution in [2.75, 3.05) is 19.8 Å². The Morgan fingerprint density at radius 3 is 2.75 bits per heavy atom. The van der Waals surface area contributed by atoms with Crippen LogP contribution in [0.15, 0.2) is 0 Å². The average molecular weight is 190 g/mol. The lowest BCUT2D eigenvalue weighted by atomic mass is 10.5. The molecular weight excluding hydrogens is 182 g/mol. The second kappa shape index (κ2) is 8.36. The van der Waals surface area contributed by atoms with Crippen LogP contribution in [-0.2, 0) is 9.05 Å². The van der Waals surface area contributed by atoms with Crippen molar-refractivity contribution in [2.45, 2.75) is 6.42 Å². The monoisotopic (exact) mass is 190 g/mol. The van der Waals surface area contributed by atoms with Crippen molar-refractivity contribution in [2.24, 2.45) is 0 Å². The molecule has 0 saturated carbocycles. The third-order valence-corrected chi connectivity index (χ3v) is 1.57. The highest BCUT2D eigenvalue weighted by Gasteiger charge is 2.08. The van der Waals surface area contributed by atoms with Crippen molar-refractivity contribution >= 4 is 8.69 Å². The fraction of sp³-hybridized carbons (Fsp3) is 0.667. The Bertz CT molecular complexity index is 169. The minimum atomic E-state index is -2.40. The molecule has 0 rings (SSSR count). The van der Waals surface area contributed by atoms with Gasteiger partial charge in [0.15, 0.2) is 0 Å². The standard InChI is InChI=1S/C6H8FN2O2P/c1-9-4-6-11-12(7)10-5-2-3-8/h2,4-6H2. The fourth-order valence-corrected chi connectivity index (χ4v) is 0.893. The largest absolute Gasteiger partial charge is 0.375 e. The minimum Gasteiger partial charge on any atom is -0.314 e. The van der Waals surface area contributed by atoms with Gasteiger partial charge in [-0.05, 0) is 0 Å². The van der Waals surface area contributed by atoms with Gasteiger partial charge < -0.3 is 13.9 Å². The molecule has 0 amide bonds. The van der Waals surface area contributed by atoms with Gasteiger partial charge in [0.25, 0.3) is 0 Å². The second-order valence-electron chi connectivity index (χ2n) is 1.67. The van der Waals surface area contributed by atoms with Crippen molar-refractivity contribution in [1.82, 2.24) is 0 Å². The van der Waals surface area contributed by atoms with Crippen LogP contribution in [0.25, 0.3) is 4.85 Å². The zero-order chi connectivity index (χ0) is 9.23. The van der Waals surface area contributed by atoms with E-state index in [1.54, 1.807) is 6.07 Å². The zero-order valence-electron chi connectivity index (χ0n) is 6.36. The second-order valence-corrected chi connectivity index (χ2v) is 2.61. The van der Waals surface area contributed by atoms with Gasteiger partial charge >= 0.3 is 8.69 Å². The van der Waals surface area contributed by atoms with Gasteiger partial charge in [0, 0.05) is 0 Å². The summed E-state index contributed by atoms with van der Waals surface area (Å²) in [6.07, 6.45) is 0.148. The van der Waals surface area contributed by atoms with E-state index in [0.717, 1.165) is 0 Å². The predicted octanol–water partition coefficient (Wildman–Crippen LogP) is 2.05. The van der Waals surface area contributed by atoms with Crippen LogP contribution in [0.1, 0.15) is 6.42 Å². The molecule has 0 saturated heterocycles. The van der Waals surface area contributed by atoms with E-state index in [1.807, 2.05) is 0 Å². The summed E-state index contributed by atoms with van der Waals surface area (Å²) in [4.78, 5) is 2.96. The van der Waals surface area contributed by atoms with E-state index >= 15 is 0 Å². The van der Waals surface area contributed by atoms with Crippen LogP contribution < -0.4 is 0 Å². The molecule has 0 radical (unpaired) electrons. The highest BCUT2D eigenvalue weighted by atomic mass is 31.2. The number of nitriles is 1. The van der Waals surface area contributed by atoms with Gasteiger partial charge in [-0.1, -0.05) is 0 Å². The van der Waals surface area contributed by atoms with Crippen LogP contribution >= 0.6 is 8.69 Å². The van der Waals surface area contributed by atoms with Crippen molar-refractivity contribution < 1.29 is 13.2 Å². The summed E-state index contributed by atoms with van der Waals surface area (Å²) in [6, 6.07) is 1.80. The maximum Gasteiger partial charge on any atom is 0.375 e. The maximum atomic E-state index is 12.5. The van der Waals surface area contributed by atoms with Crippen LogP contribution in [0.5, 0.6) is 0 Å². The van der Waals surface area contributed by atoms with Crippen molar-refractivity contribution in [3.63, 3.8) is 0 Å². The maximum absolute atomic E-state index is 12.5. The van der Waals surface area contributed by atoms with Gasteiger partial charge in [-0.2, -0.15) is 9.46 Å². The number of rotatable bonds is 6. The highest BCUT2D eigenvalue weighted by molar-refractivity contribution is 7.41. The zero-order valence-corrected chi connectivity index (χ0v) is 7.26. The summed E-state index contributed by atoms with van der Waals surface area (Å²) in [5.41, 5.74) is 0. The van der Waals surface area contributed by atoms with E-state index in [2.05, 4.69) is 13.9 Å². The van der Waals surface area contributed by atoms with Crippen molar-refractivity contribution in [1.29, 1.82) is 5.26 Å². The lowest BCUT2D eigenvalue weighted by Crippen LogP contribution is -1.93. The number of hydrogen-bond acceptors (Lipinski definition) is 3. The fourth-order valence-electron chi connectivity index (χ4n) is 0.359. The third-order valence-electron chi connectivity index (χ3n) is 0.803. The molecule has 0 aromatic carbocycles. The van der Waals surface area contributed by atoms with Crippen LogP contribution in [-0.4, -0.2) is 19.8 Å². The van der Waals surface area contributed by atoms with E-state index in [4.69, 9.17) is 11.8 Å². The molecule has 0 bridgehead atoms. The average Bonchev–Trinajstić information content (AvgIpc) is 2.06. The molecule has 0 spiro atoms. The van der Waals surface area contributed by atoms with E-state index < -0.39 is 8.69 Å². The van der Waals surface area contributed by atoms with Crippen LogP contribution in [0.2, 0.25) is 0 Å². The first-order valence-electron chi connectivity index (χ1n) is 3.23. The molecule has 66 valence electrons. The van der Waals surface area contributed by atoms with Gasteiger partial charge in [0.05, 0.1) is 19.1 Å². The van der Waals surface area contributed by atoms with E-state index in [0.29, 0.717) is 0 Å². The van der Waals surface area contributed by atoms with Crippen molar-refractivity contribution in [3.05, 3.63) is 11.4 Å². The predicted molar refractivity (Wildman–Crippen MR) is 41.6 cm³/mol. The summed E-state index contributed by atoms with van der Waals surface area (Å²) in [6.45, 7) is 6.57. The Labute approximate surface area is 71.7 Å². The van der Waals surface area contributed by atoms with E-state index in [9.17, 15) is 4.20 Å². The molecule has 0 aliphatic carbocycles. The topological polar surface area (TPSA) is 46.6 Å². The molecule has 0 fully saturated rings. The van der Waals surface area contributed by atoms with Crippen molar-refractivity contribution in [3.8, 4) is 6.07 Å². The molecule has 4 nitrogen and oxygen atoms in total. The number of hydrogen-bond donors (Lipinski definition) is 0. The summed E-state index contributed by atoms with van der Waals surface area (Å²) >= 11 is 0. The lowest BCUT2D eigenvalue weighted by Gasteiger charge is -2.03. The van der Waals surface area contributed by atoms with Crippen LogP contribution in [0.4, 0.5) is 4.20 Å². The molecule has 0 aromatic heterocycles. The summed E-state index contributed by atoms with van der Waals surface area (Å²) in [7, 11) is -2.40. The van der Waals surface area contributed by atoms with E-state index in [-0.39, 0.29) is 26.2 Å². The Hall–Kier alpha value is -0.740. The third kappa shape index (κ3) is 7.37. The van der Waals surface area contributed by atoms with Crippen LogP contribution in [0, 0.1) is 17.9 Å². The Morgan fingerprint density at radius 1 is 1.50 bits per heavy atom. The lowest BCUT2D eigenvalue weighted by molar-refractivity contribution is 0.235. The number of nitrogens with zero attached hydrogens (tertiary/aromatic N) is 2. The first-order chi connectivity index (χ1) is 5.81. The normalized spacial score (nSPS) is 11.6. The van der Waals surface area contributed by atoms with Gasteiger partial charge in [-0.3, -0.25) is 0 Å². The molecule has 1 unspecified atom stereocenters. The van der Waals surface area contributed by atoms with Crippen LogP contribution in [0.3, 0.4) is 0 Å². The smallest absolute Gasteiger partial charge is 0.314 e. The molecule has 6 heteroatoms.